The molecule has 3 fully saturated rings. The van der Waals surface area contributed by atoms with Crippen LogP contribution in [0.15, 0.2) is 57.4 Å². The van der Waals surface area contributed by atoms with Crippen molar-refractivity contribution >= 4 is 36.3 Å². The maximum absolute atomic E-state index is 14.7. The van der Waals surface area contributed by atoms with Crippen molar-refractivity contribution in [3.05, 3.63) is 53.6 Å². The Kier molecular flexibility index (Phi) is 11.7. The summed E-state index contributed by atoms with van der Waals surface area (Å²) in [6.07, 6.45) is -0.745. The number of halogens is 1. The summed E-state index contributed by atoms with van der Waals surface area (Å²) in [6, 6.07) is 14.6. The number of aliphatic imine (C=N–C) groups is 3. The van der Waals surface area contributed by atoms with Gasteiger partial charge in [0.1, 0.15) is 24.3 Å². The first-order chi connectivity index (χ1) is 21.5. The van der Waals surface area contributed by atoms with E-state index >= 15 is 0 Å². The number of hydrogen-bond donors (Lipinski definition) is 3. The molecule has 2 aromatic carbocycles. The maximum Gasteiger partial charge on any atom is 0.341 e. The molecule has 13 nitrogen and oxygen atoms in total. The van der Waals surface area contributed by atoms with Gasteiger partial charge in [-0.2, -0.15) is 5.26 Å². The van der Waals surface area contributed by atoms with Crippen LogP contribution in [0.3, 0.4) is 0 Å². The Hall–Kier alpha value is -4.42. The number of carbonyl (C=O) groups is 1. The lowest BCUT2D eigenvalue weighted by Gasteiger charge is -2.43. The minimum Gasteiger partial charge on any atom is -0.486 e. The second-order valence-electron chi connectivity index (χ2n) is 10.2. The standard InChI is InChI=1S/C29H33FN8O4.CH5N/c1-32-28(20-2-7-26(21(14-20)15-31)42-27-8-9-38(16-25(27)30)29(39)35-40)34-19-33-22-3-5-23(6-4-22)36-10-12-37(13-11-36)24-17-41-18-24;1-2/h2-7,14,19,24-25,27,40H,1,8-13,16-18H2,(H,35,39);2H2,1H3/t25-,27+;/m1./s1. The number of alkyl halides is 1. The van der Waals surface area contributed by atoms with Crippen LogP contribution in [0, 0.1) is 11.3 Å². The summed E-state index contributed by atoms with van der Waals surface area (Å²) in [7, 11) is 1.50. The van der Waals surface area contributed by atoms with Crippen LogP contribution in [0.25, 0.3) is 0 Å². The van der Waals surface area contributed by atoms with Crippen LogP contribution in [0.5, 0.6) is 5.75 Å². The third-order valence-electron chi connectivity index (χ3n) is 7.70. The molecule has 2 atom stereocenters. The van der Waals surface area contributed by atoms with Crippen molar-refractivity contribution in [2.24, 2.45) is 20.7 Å². The Labute approximate surface area is 256 Å². The van der Waals surface area contributed by atoms with Crippen molar-refractivity contribution in [1.29, 1.82) is 5.26 Å². The van der Waals surface area contributed by atoms with Crippen molar-refractivity contribution < 1.29 is 23.9 Å². The van der Waals surface area contributed by atoms with E-state index in [2.05, 4.69) is 55.4 Å². The molecule has 3 heterocycles. The highest BCUT2D eigenvalue weighted by molar-refractivity contribution is 6.05. The number of amides is 2. The highest BCUT2D eigenvalue weighted by atomic mass is 19.1. The zero-order valence-electron chi connectivity index (χ0n) is 24.7. The number of anilines is 1. The van der Waals surface area contributed by atoms with E-state index < -0.39 is 18.3 Å². The minimum atomic E-state index is -1.49. The lowest BCUT2D eigenvalue weighted by atomic mass is 10.1. The molecule has 44 heavy (non-hydrogen) atoms. The zero-order chi connectivity index (χ0) is 31.5. The van der Waals surface area contributed by atoms with Crippen LogP contribution in [0.1, 0.15) is 17.5 Å². The van der Waals surface area contributed by atoms with Gasteiger partial charge in [0, 0.05) is 50.4 Å². The van der Waals surface area contributed by atoms with Gasteiger partial charge in [0.2, 0.25) is 0 Å². The number of hydrogen-bond acceptors (Lipinski definition) is 9. The first kappa shape index (κ1) is 32.5. The topological polar surface area (TPSA) is 164 Å². The first-order valence-electron chi connectivity index (χ1n) is 14.3. The number of piperidine rings is 1. The third kappa shape index (κ3) is 7.94. The van der Waals surface area contributed by atoms with Gasteiger partial charge in [0.05, 0.1) is 37.1 Å². The van der Waals surface area contributed by atoms with E-state index in [0.717, 1.165) is 55.7 Å². The fraction of sp³-hybridized carbons (Fsp3) is 0.433. The lowest BCUT2D eigenvalue weighted by Crippen LogP contribution is -2.56. The van der Waals surface area contributed by atoms with Gasteiger partial charge in [-0.15, -0.1) is 0 Å². The highest BCUT2D eigenvalue weighted by Crippen LogP contribution is 2.26. The predicted octanol–water partition coefficient (Wildman–Crippen LogP) is 2.35. The number of amidine groups is 1. The molecule has 0 radical (unpaired) electrons. The van der Waals surface area contributed by atoms with Gasteiger partial charge in [-0.3, -0.25) is 10.1 Å². The normalized spacial score (nSPS) is 21.1. The number of nitrogens with two attached hydrogens (primary N) is 1. The molecule has 3 aliphatic heterocycles. The largest absolute Gasteiger partial charge is 0.486 e. The molecule has 0 saturated carbocycles. The van der Waals surface area contributed by atoms with Crippen LogP contribution in [0.2, 0.25) is 0 Å². The number of likely N-dealkylation sites (tertiary alicyclic amines) is 1. The van der Waals surface area contributed by atoms with Crippen molar-refractivity contribution in [2.45, 2.75) is 24.7 Å². The molecule has 0 spiro atoms. The van der Waals surface area contributed by atoms with Crippen LogP contribution in [0.4, 0.5) is 20.6 Å². The summed E-state index contributed by atoms with van der Waals surface area (Å²) in [5, 5.41) is 18.5. The van der Waals surface area contributed by atoms with Crippen molar-refractivity contribution in [3.8, 4) is 11.8 Å². The van der Waals surface area contributed by atoms with Crippen LogP contribution in [-0.2, 0) is 4.74 Å². The van der Waals surface area contributed by atoms with E-state index in [4.69, 9.17) is 14.7 Å². The number of carbonyl (C=O) groups excluding carboxylic acids is 1. The summed E-state index contributed by atoms with van der Waals surface area (Å²) in [6.45, 7) is 9.24. The second-order valence-corrected chi connectivity index (χ2v) is 10.2. The molecule has 5 rings (SSSR count). The molecule has 2 aromatic rings. The van der Waals surface area contributed by atoms with Gasteiger partial charge in [0.15, 0.2) is 12.0 Å². The van der Waals surface area contributed by atoms with Gasteiger partial charge in [-0.05, 0) is 56.2 Å². The van der Waals surface area contributed by atoms with E-state index in [0.29, 0.717) is 11.6 Å². The molecule has 234 valence electrons. The molecule has 3 aliphatic rings. The number of rotatable bonds is 7. The molecule has 0 aliphatic carbocycles. The molecule has 3 saturated heterocycles. The molecular formula is C30H38FN9O4. The molecule has 4 N–H and O–H groups in total. The zero-order valence-corrected chi connectivity index (χ0v) is 24.7. The summed E-state index contributed by atoms with van der Waals surface area (Å²) in [4.78, 5) is 30.3. The molecule has 2 amide bonds. The van der Waals surface area contributed by atoms with Crippen molar-refractivity contribution in [2.75, 3.05) is 64.4 Å². The molecule has 14 heteroatoms. The van der Waals surface area contributed by atoms with E-state index in [-0.39, 0.29) is 36.7 Å². The summed E-state index contributed by atoms with van der Waals surface area (Å²) >= 11 is 0. The van der Waals surface area contributed by atoms with Crippen molar-refractivity contribution in [1.82, 2.24) is 15.3 Å². The Bertz CT molecular complexity index is 1370. The number of urea groups is 1. The molecule has 0 bridgehead atoms. The quantitative estimate of drug-likeness (QED) is 0.187. The van der Waals surface area contributed by atoms with Gasteiger partial charge in [-0.25, -0.2) is 29.6 Å². The SMILES string of the molecule is C=NC(=NC=Nc1ccc(N2CCN(C3COC3)CC2)cc1)c1ccc(O[C@H]2CCN(C(=O)NO)C[C@H]2F)c(C#N)c1.CN. The summed E-state index contributed by atoms with van der Waals surface area (Å²) < 4.78 is 25.8. The van der Waals surface area contributed by atoms with Crippen LogP contribution < -0.4 is 20.9 Å². The number of nitriles is 1. The Morgan fingerprint density at radius 1 is 1.18 bits per heavy atom. The van der Waals surface area contributed by atoms with E-state index in [1.165, 1.54) is 18.9 Å². The smallest absolute Gasteiger partial charge is 0.341 e. The maximum atomic E-state index is 14.7. The average Bonchev–Trinajstić information content (AvgIpc) is 3.04. The van der Waals surface area contributed by atoms with Crippen LogP contribution >= 0.6 is 0 Å². The fourth-order valence-electron chi connectivity index (χ4n) is 5.18. The predicted molar refractivity (Wildman–Crippen MR) is 166 cm³/mol. The molecule has 0 aromatic heterocycles. The summed E-state index contributed by atoms with van der Waals surface area (Å²) in [5.74, 6) is 0.476. The Morgan fingerprint density at radius 3 is 2.50 bits per heavy atom. The molecule has 0 unspecified atom stereocenters. The second kappa shape index (κ2) is 15.9. The Balaban J connectivity index is 0.00000216. The van der Waals surface area contributed by atoms with E-state index in [1.807, 2.05) is 12.1 Å². The fourth-order valence-corrected chi connectivity index (χ4v) is 5.18. The van der Waals surface area contributed by atoms with Crippen molar-refractivity contribution in [3.63, 3.8) is 0 Å². The Morgan fingerprint density at radius 2 is 1.91 bits per heavy atom. The summed E-state index contributed by atoms with van der Waals surface area (Å²) in [5.41, 5.74) is 8.60. The number of piperazine rings is 1. The monoisotopic (exact) mass is 607 g/mol. The number of nitrogens with one attached hydrogen (secondary N) is 1. The van der Waals surface area contributed by atoms with E-state index in [9.17, 15) is 14.4 Å². The van der Waals surface area contributed by atoms with Gasteiger partial charge < -0.3 is 25.0 Å². The van der Waals surface area contributed by atoms with Gasteiger partial charge in [0.25, 0.3) is 0 Å². The minimum absolute atomic E-state index is 0.181. The number of ether oxygens (including phenoxy) is 2. The first-order valence-corrected chi connectivity index (χ1v) is 14.3. The highest BCUT2D eigenvalue weighted by Gasteiger charge is 2.33. The van der Waals surface area contributed by atoms with E-state index in [1.54, 1.807) is 18.2 Å². The number of nitrogens with zero attached hydrogens (tertiary/aromatic N) is 7. The number of benzene rings is 2. The van der Waals surface area contributed by atoms with Gasteiger partial charge >= 0.3 is 6.03 Å². The van der Waals surface area contributed by atoms with Gasteiger partial charge in [-0.1, -0.05) is 0 Å². The average molecular weight is 608 g/mol. The number of hydroxylamine groups is 1. The molecular weight excluding hydrogens is 569 g/mol. The lowest BCUT2D eigenvalue weighted by molar-refractivity contribution is -0.0660. The third-order valence-corrected chi connectivity index (χ3v) is 7.70. The van der Waals surface area contributed by atoms with Crippen LogP contribution in [-0.4, -0.2) is 118 Å².